The van der Waals surface area contributed by atoms with Crippen molar-refractivity contribution in [1.82, 2.24) is 15.1 Å². The van der Waals surface area contributed by atoms with Gasteiger partial charge in [-0.15, -0.1) is 0 Å². The third-order valence-corrected chi connectivity index (χ3v) is 3.99. The molecule has 1 saturated heterocycles. The summed E-state index contributed by atoms with van der Waals surface area (Å²) in [6, 6.07) is 1.89. The van der Waals surface area contributed by atoms with Gasteiger partial charge in [0.1, 0.15) is 5.92 Å². The third kappa shape index (κ3) is 1.92. The Morgan fingerprint density at radius 3 is 3.11 bits per heavy atom. The number of pyridine rings is 1. The minimum absolute atomic E-state index is 0.165. The SMILES string of the molecule is Cc1ccncc1-c1noc(C2CSCC2=O)n1. The topological polar surface area (TPSA) is 68.9 Å². The number of rotatable bonds is 2. The number of ketones is 1. The molecule has 18 heavy (non-hydrogen) atoms. The van der Waals surface area contributed by atoms with Gasteiger partial charge in [0.05, 0.1) is 5.75 Å². The molecule has 3 heterocycles. The summed E-state index contributed by atoms with van der Waals surface area (Å²) in [4.78, 5) is 20.0. The molecule has 92 valence electrons. The lowest BCUT2D eigenvalue weighted by Crippen LogP contribution is -2.09. The molecule has 2 aromatic rings. The first kappa shape index (κ1) is 11.4. The lowest BCUT2D eigenvalue weighted by atomic mass is 10.1. The molecule has 0 spiro atoms. The van der Waals surface area contributed by atoms with Gasteiger partial charge in [-0.1, -0.05) is 5.16 Å². The molecule has 6 heteroatoms. The minimum atomic E-state index is -0.242. The molecule has 1 aliphatic heterocycles. The summed E-state index contributed by atoms with van der Waals surface area (Å²) >= 11 is 1.60. The van der Waals surface area contributed by atoms with E-state index in [-0.39, 0.29) is 11.7 Å². The normalized spacial score (nSPS) is 19.4. The van der Waals surface area contributed by atoms with Gasteiger partial charge >= 0.3 is 0 Å². The van der Waals surface area contributed by atoms with Crippen LogP contribution in [0, 0.1) is 6.92 Å². The number of thioether (sulfide) groups is 1. The lowest BCUT2D eigenvalue weighted by molar-refractivity contribution is -0.117. The van der Waals surface area contributed by atoms with E-state index < -0.39 is 0 Å². The minimum Gasteiger partial charge on any atom is -0.338 e. The van der Waals surface area contributed by atoms with Crippen LogP contribution in [-0.2, 0) is 4.79 Å². The highest BCUT2D eigenvalue weighted by atomic mass is 32.2. The monoisotopic (exact) mass is 261 g/mol. The zero-order chi connectivity index (χ0) is 12.5. The van der Waals surface area contributed by atoms with E-state index in [0.29, 0.717) is 17.5 Å². The van der Waals surface area contributed by atoms with E-state index >= 15 is 0 Å². The van der Waals surface area contributed by atoms with Crippen molar-refractivity contribution in [3.8, 4) is 11.4 Å². The molecule has 0 amide bonds. The first-order valence-electron chi connectivity index (χ1n) is 5.61. The summed E-state index contributed by atoms with van der Waals surface area (Å²) in [5.74, 6) is 2.11. The Morgan fingerprint density at radius 2 is 2.39 bits per heavy atom. The van der Waals surface area contributed by atoms with Crippen LogP contribution >= 0.6 is 11.8 Å². The Morgan fingerprint density at radius 1 is 1.50 bits per heavy atom. The van der Waals surface area contributed by atoms with Gasteiger partial charge in [0.15, 0.2) is 5.78 Å². The molecule has 5 nitrogen and oxygen atoms in total. The van der Waals surface area contributed by atoms with Crippen LogP contribution in [0.5, 0.6) is 0 Å². The van der Waals surface area contributed by atoms with Crippen LogP contribution in [0.2, 0.25) is 0 Å². The second-order valence-corrected chi connectivity index (χ2v) is 5.21. The van der Waals surface area contributed by atoms with Gasteiger partial charge in [-0.3, -0.25) is 9.78 Å². The Labute approximate surface area is 108 Å². The molecule has 3 rings (SSSR count). The highest BCUT2D eigenvalue weighted by molar-refractivity contribution is 8.00. The maximum atomic E-state index is 11.6. The largest absolute Gasteiger partial charge is 0.338 e. The highest BCUT2D eigenvalue weighted by Crippen LogP contribution is 2.30. The molecule has 1 aliphatic rings. The molecule has 0 saturated carbocycles. The summed E-state index contributed by atoms with van der Waals surface area (Å²) in [6.45, 7) is 1.96. The lowest BCUT2D eigenvalue weighted by Gasteiger charge is -1.99. The van der Waals surface area contributed by atoms with Crippen molar-refractivity contribution < 1.29 is 9.32 Å². The predicted molar refractivity (Wildman–Crippen MR) is 67.3 cm³/mol. The van der Waals surface area contributed by atoms with Crippen LogP contribution in [0.25, 0.3) is 11.4 Å². The summed E-state index contributed by atoms with van der Waals surface area (Å²) in [6.07, 6.45) is 3.42. The zero-order valence-electron chi connectivity index (χ0n) is 9.79. The second-order valence-electron chi connectivity index (χ2n) is 4.18. The van der Waals surface area contributed by atoms with Gasteiger partial charge in [0.2, 0.25) is 11.7 Å². The highest BCUT2D eigenvalue weighted by Gasteiger charge is 2.31. The molecule has 0 aromatic carbocycles. The molecular weight excluding hydrogens is 250 g/mol. The van der Waals surface area contributed by atoms with E-state index in [0.717, 1.165) is 16.9 Å². The third-order valence-electron chi connectivity index (χ3n) is 2.94. The van der Waals surface area contributed by atoms with E-state index in [9.17, 15) is 4.79 Å². The Balaban J connectivity index is 1.95. The summed E-state index contributed by atoms with van der Waals surface area (Å²) < 4.78 is 5.21. The Kier molecular flexibility index (Phi) is 2.87. The van der Waals surface area contributed by atoms with E-state index in [2.05, 4.69) is 15.1 Å². The molecule has 1 atom stereocenters. The molecule has 0 N–H and O–H groups in total. The fourth-order valence-electron chi connectivity index (χ4n) is 1.86. The van der Waals surface area contributed by atoms with Crippen molar-refractivity contribution in [2.45, 2.75) is 12.8 Å². The van der Waals surface area contributed by atoms with Crippen LogP contribution in [0.1, 0.15) is 17.4 Å². The quantitative estimate of drug-likeness (QED) is 0.821. The first-order chi connectivity index (χ1) is 8.75. The number of aryl methyl sites for hydroxylation is 1. The van der Waals surface area contributed by atoms with Crippen molar-refractivity contribution in [3.63, 3.8) is 0 Å². The van der Waals surface area contributed by atoms with Gasteiger partial charge in [-0.25, -0.2) is 0 Å². The summed E-state index contributed by atoms with van der Waals surface area (Å²) in [5.41, 5.74) is 1.87. The number of carbonyl (C=O) groups is 1. The molecule has 0 bridgehead atoms. The van der Waals surface area contributed by atoms with Crippen LogP contribution in [0.4, 0.5) is 0 Å². The second kappa shape index (κ2) is 4.53. The zero-order valence-corrected chi connectivity index (χ0v) is 10.6. The van der Waals surface area contributed by atoms with Gasteiger partial charge in [0, 0.05) is 23.7 Å². The molecule has 1 fully saturated rings. The van der Waals surface area contributed by atoms with E-state index in [1.165, 1.54) is 0 Å². The van der Waals surface area contributed by atoms with E-state index in [1.54, 1.807) is 24.2 Å². The average Bonchev–Trinajstić information content (AvgIpc) is 2.98. The van der Waals surface area contributed by atoms with Gasteiger partial charge < -0.3 is 4.52 Å². The molecule has 0 aliphatic carbocycles. The molecule has 2 aromatic heterocycles. The van der Waals surface area contributed by atoms with Crippen LogP contribution < -0.4 is 0 Å². The number of nitrogens with zero attached hydrogens (tertiary/aromatic N) is 3. The molecular formula is C12H11N3O2S. The maximum Gasteiger partial charge on any atom is 0.238 e. The van der Waals surface area contributed by atoms with Crippen molar-refractivity contribution in [1.29, 1.82) is 0 Å². The Hall–Kier alpha value is -1.69. The number of aromatic nitrogens is 3. The maximum absolute atomic E-state index is 11.6. The number of hydrogen-bond acceptors (Lipinski definition) is 6. The molecule has 1 unspecified atom stereocenters. The van der Waals surface area contributed by atoms with Crippen LogP contribution in [0.3, 0.4) is 0 Å². The predicted octanol–water partition coefficient (Wildman–Crippen LogP) is 1.84. The number of carbonyl (C=O) groups excluding carboxylic acids is 1. The van der Waals surface area contributed by atoms with Crippen molar-refractivity contribution >= 4 is 17.5 Å². The smallest absolute Gasteiger partial charge is 0.238 e. The number of hydrogen-bond donors (Lipinski definition) is 0. The number of Topliss-reactive ketones (excluding diaryl/α,β-unsaturated/α-hetero) is 1. The standard InChI is InChI=1S/C12H11N3O2S/c1-7-2-3-13-4-8(7)11-14-12(17-15-11)9-5-18-6-10(9)16/h2-4,9H,5-6H2,1H3. The van der Waals surface area contributed by atoms with Crippen LogP contribution in [0.15, 0.2) is 23.0 Å². The van der Waals surface area contributed by atoms with Crippen LogP contribution in [-0.4, -0.2) is 32.4 Å². The summed E-state index contributed by atoms with van der Waals surface area (Å²) in [5, 5.41) is 3.94. The summed E-state index contributed by atoms with van der Waals surface area (Å²) in [7, 11) is 0. The van der Waals surface area contributed by atoms with Crippen molar-refractivity contribution in [2.75, 3.05) is 11.5 Å². The molecule has 0 radical (unpaired) electrons. The average molecular weight is 261 g/mol. The van der Waals surface area contributed by atoms with Gasteiger partial charge in [-0.05, 0) is 18.6 Å². The van der Waals surface area contributed by atoms with Crippen molar-refractivity contribution in [3.05, 3.63) is 29.9 Å². The van der Waals surface area contributed by atoms with E-state index in [1.807, 2.05) is 13.0 Å². The fraction of sp³-hybridized carbons (Fsp3) is 0.333. The fourth-order valence-corrected chi connectivity index (χ4v) is 2.95. The first-order valence-corrected chi connectivity index (χ1v) is 6.76. The van der Waals surface area contributed by atoms with Gasteiger partial charge in [0.25, 0.3) is 0 Å². The van der Waals surface area contributed by atoms with E-state index in [4.69, 9.17) is 4.52 Å². The Bertz CT molecular complexity index is 597. The van der Waals surface area contributed by atoms with Crippen molar-refractivity contribution in [2.24, 2.45) is 0 Å². The van der Waals surface area contributed by atoms with Gasteiger partial charge in [-0.2, -0.15) is 16.7 Å².